The lowest BCUT2D eigenvalue weighted by atomic mass is 9.81. The van der Waals surface area contributed by atoms with Gasteiger partial charge in [-0.3, -0.25) is 0 Å². The highest BCUT2D eigenvalue weighted by Gasteiger charge is 2.24. The van der Waals surface area contributed by atoms with Crippen LogP contribution in [-0.4, -0.2) is 36.5 Å². The van der Waals surface area contributed by atoms with E-state index in [0.717, 1.165) is 25.9 Å². The van der Waals surface area contributed by atoms with Gasteiger partial charge in [0.15, 0.2) is 11.6 Å². The van der Waals surface area contributed by atoms with Gasteiger partial charge in [-0.25, -0.2) is 13.2 Å². The second kappa shape index (κ2) is 6.50. The van der Waals surface area contributed by atoms with Gasteiger partial charge in [-0.15, -0.1) is 0 Å². The van der Waals surface area contributed by atoms with Crippen LogP contribution in [0, 0.1) is 23.4 Å². The van der Waals surface area contributed by atoms with Gasteiger partial charge in [0.25, 0.3) is 0 Å². The zero-order chi connectivity index (χ0) is 14.7. The summed E-state index contributed by atoms with van der Waals surface area (Å²) in [5.41, 5.74) is -0.274. The van der Waals surface area contributed by atoms with Crippen LogP contribution in [0.25, 0.3) is 0 Å². The van der Waals surface area contributed by atoms with Crippen molar-refractivity contribution in [3.05, 3.63) is 29.6 Å². The van der Waals surface area contributed by atoms with Crippen LogP contribution in [0.15, 0.2) is 12.1 Å². The first-order chi connectivity index (χ1) is 9.47. The number of benzene rings is 1. The second-order valence-corrected chi connectivity index (χ2v) is 5.24. The lowest BCUT2D eigenvalue weighted by Gasteiger charge is -2.32. The van der Waals surface area contributed by atoms with Gasteiger partial charge < -0.3 is 15.2 Å². The number of hydrogen-bond acceptors (Lipinski definition) is 3. The van der Waals surface area contributed by atoms with E-state index in [1.165, 1.54) is 0 Å². The normalized spacial score (nSPS) is 17.2. The summed E-state index contributed by atoms with van der Waals surface area (Å²) in [5.74, 6) is -2.46. The minimum atomic E-state index is -0.921. The molecule has 0 amide bonds. The van der Waals surface area contributed by atoms with Crippen molar-refractivity contribution in [1.82, 2.24) is 4.81 Å². The molecule has 0 saturated carbocycles. The molecule has 1 aromatic carbocycles. The molecule has 1 aromatic rings. The first-order valence-electron chi connectivity index (χ1n) is 6.78. The highest BCUT2D eigenvalue weighted by molar-refractivity contribution is 6.45. The van der Waals surface area contributed by atoms with E-state index in [9.17, 15) is 18.2 Å². The molecule has 1 fully saturated rings. The first-order valence-corrected chi connectivity index (χ1v) is 6.78. The van der Waals surface area contributed by atoms with Crippen molar-refractivity contribution in [1.29, 1.82) is 0 Å². The molecule has 0 aromatic heterocycles. The Morgan fingerprint density at radius 1 is 1.25 bits per heavy atom. The van der Waals surface area contributed by atoms with E-state index in [1.807, 2.05) is 4.81 Å². The van der Waals surface area contributed by atoms with E-state index in [2.05, 4.69) is 5.32 Å². The van der Waals surface area contributed by atoms with Crippen molar-refractivity contribution >= 4 is 12.7 Å². The van der Waals surface area contributed by atoms with Crippen molar-refractivity contribution in [2.45, 2.75) is 19.7 Å². The Balaban J connectivity index is 1.88. The fraction of sp³-hybridized carbons (Fsp3) is 0.538. The predicted molar refractivity (Wildman–Crippen MR) is 72.9 cm³/mol. The molecule has 1 aliphatic rings. The molecule has 2 rings (SSSR count). The van der Waals surface area contributed by atoms with Crippen molar-refractivity contribution in [2.24, 2.45) is 5.92 Å². The number of halogens is 3. The summed E-state index contributed by atoms with van der Waals surface area (Å²) in [7, 11) is -0.462. The SMILES string of the molecule is CB(O)N1CCC(CNc2c(F)cc(F)cc2F)CC1. The number of anilines is 1. The van der Waals surface area contributed by atoms with Crippen molar-refractivity contribution in [2.75, 3.05) is 25.0 Å². The van der Waals surface area contributed by atoms with Crippen molar-refractivity contribution < 1.29 is 18.2 Å². The molecule has 0 unspecified atom stereocenters. The molecular formula is C13H18BF3N2O. The van der Waals surface area contributed by atoms with Crippen LogP contribution in [0.3, 0.4) is 0 Å². The monoisotopic (exact) mass is 286 g/mol. The molecule has 20 heavy (non-hydrogen) atoms. The van der Waals surface area contributed by atoms with E-state index in [0.29, 0.717) is 18.7 Å². The van der Waals surface area contributed by atoms with Gasteiger partial charge in [0, 0.05) is 18.7 Å². The molecule has 0 atom stereocenters. The maximum atomic E-state index is 13.4. The fourth-order valence-corrected chi connectivity index (χ4v) is 2.49. The van der Waals surface area contributed by atoms with Crippen LogP contribution in [0.5, 0.6) is 0 Å². The molecule has 2 N–H and O–H groups in total. The molecule has 0 bridgehead atoms. The van der Waals surface area contributed by atoms with E-state index >= 15 is 0 Å². The average Bonchev–Trinajstić information content (AvgIpc) is 2.38. The maximum absolute atomic E-state index is 13.4. The summed E-state index contributed by atoms with van der Waals surface area (Å²) < 4.78 is 39.7. The minimum absolute atomic E-state index is 0.274. The second-order valence-electron chi connectivity index (χ2n) is 5.24. The number of nitrogens with zero attached hydrogens (tertiary/aromatic N) is 1. The lowest BCUT2D eigenvalue weighted by molar-refractivity contribution is 0.258. The van der Waals surface area contributed by atoms with Gasteiger partial charge >= 0.3 is 7.05 Å². The van der Waals surface area contributed by atoms with Gasteiger partial charge in [-0.05, 0) is 38.7 Å². The standard InChI is InChI=1S/C13H18BF3N2O/c1-14(20)19-4-2-9(3-5-19)8-18-13-11(16)6-10(15)7-12(13)17/h6-7,9,18,20H,2-5,8H2,1H3. The Labute approximate surface area is 116 Å². The Kier molecular flexibility index (Phi) is 4.93. The molecule has 0 spiro atoms. The summed E-state index contributed by atoms with van der Waals surface area (Å²) in [6.07, 6.45) is 1.70. The number of nitrogens with one attached hydrogen (secondary N) is 1. The van der Waals surface area contributed by atoms with Gasteiger partial charge in [-0.2, -0.15) is 0 Å². The average molecular weight is 286 g/mol. The molecule has 110 valence electrons. The number of rotatable bonds is 4. The smallest absolute Gasteiger partial charge is 0.376 e. The Bertz CT molecular complexity index is 442. The summed E-state index contributed by atoms with van der Waals surface area (Å²) in [5, 5.41) is 12.2. The van der Waals surface area contributed by atoms with E-state index in [4.69, 9.17) is 0 Å². The summed E-state index contributed by atoms with van der Waals surface area (Å²) in [6, 6.07) is 1.34. The Morgan fingerprint density at radius 3 is 2.30 bits per heavy atom. The quantitative estimate of drug-likeness (QED) is 0.834. The highest BCUT2D eigenvalue weighted by atomic mass is 19.1. The topological polar surface area (TPSA) is 35.5 Å². The Morgan fingerprint density at radius 2 is 1.80 bits per heavy atom. The Hall–Kier alpha value is -1.21. The van der Waals surface area contributed by atoms with Crippen molar-refractivity contribution in [3.63, 3.8) is 0 Å². The van der Waals surface area contributed by atoms with Crippen LogP contribution in [-0.2, 0) is 0 Å². The zero-order valence-electron chi connectivity index (χ0n) is 11.4. The molecule has 1 saturated heterocycles. The van der Waals surface area contributed by atoms with E-state index < -0.39 is 24.5 Å². The largest absolute Gasteiger partial charge is 0.437 e. The number of piperidine rings is 1. The van der Waals surface area contributed by atoms with Crippen LogP contribution < -0.4 is 5.32 Å². The van der Waals surface area contributed by atoms with Crippen LogP contribution in [0.4, 0.5) is 18.9 Å². The molecule has 0 radical (unpaired) electrons. The third-order valence-corrected chi connectivity index (χ3v) is 3.75. The first kappa shape index (κ1) is 15.2. The van der Waals surface area contributed by atoms with Gasteiger partial charge in [0.1, 0.15) is 11.5 Å². The fourth-order valence-electron chi connectivity index (χ4n) is 2.49. The van der Waals surface area contributed by atoms with Gasteiger partial charge in [0.2, 0.25) is 0 Å². The third kappa shape index (κ3) is 3.67. The van der Waals surface area contributed by atoms with E-state index in [-0.39, 0.29) is 11.6 Å². The van der Waals surface area contributed by atoms with Gasteiger partial charge in [-0.1, -0.05) is 0 Å². The van der Waals surface area contributed by atoms with Crippen molar-refractivity contribution in [3.8, 4) is 0 Å². The molecule has 1 aliphatic heterocycles. The zero-order valence-corrected chi connectivity index (χ0v) is 11.4. The molecule has 1 heterocycles. The van der Waals surface area contributed by atoms with Crippen LogP contribution in [0.2, 0.25) is 6.82 Å². The molecular weight excluding hydrogens is 268 g/mol. The minimum Gasteiger partial charge on any atom is -0.437 e. The van der Waals surface area contributed by atoms with Crippen LogP contribution >= 0.6 is 0 Å². The van der Waals surface area contributed by atoms with Crippen LogP contribution in [0.1, 0.15) is 12.8 Å². The third-order valence-electron chi connectivity index (χ3n) is 3.75. The van der Waals surface area contributed by atoms with Gasteiger partial charge in [0.05, 0.1) is 0 Å². The molecule has 0 aliphatic carbocycles. The summed E-state index contributed by atoms with van der Waals surface area (Å²) in [6.45, 7) is 3.69. The lowest BCUT2D eigenvalue weighted by Crippen LogP contribution is -2.43. The maximum Gasteiger partial charge on any atom is 0.376 e. The van der Waals surface area contributed by atoms with E-state index in [1.54, 1.807) is 6.82 Å². The predicted octanol–water partition coefficient (Wildman–Crippen LogP) is 2.34. The number of hydrogen-bond donors (Lipinski definition) is 2. The highest BCUT2D eigenvalue weighted by Crippen LogP contribution is 2.23. The molecule has 3 nitrogen and oxygen atoms in total. The summed E-state index contributed by atoms with van der Waals surface area (Å²) in [4.78, 5) is 1.95. The molecule has 7 heteroatoms. The summed E-state index contributed by atoms with van der Waals surface area (Å²) >= 11 is 0.